The molecule has 2 aromatic rings. The summed E-state index contributed by atoms with van der Waals surface area (Å²) in [6.45, 7) is 6.30. The minimum absolute atomic E-state index is 0.333. The standard InChI is InChI=1S/C17H21BrN4O3/c1-5-6-25-15-13(18)8-12(9-14(15)24-4)16(23)21-22-17-19-10(2)7-11(3)20-17/h7-9H,5-6H2,1-4H3,(H,21,23)(H,19,20,22). The SMILES string of the molecule is CCCOc1c(Br)cc(C(=O)NNc2nc(C)cc(C)n2)cc1OC. The van der Waals surface area contributed by atoms with E-state index in [-0.39, 0.29) is 5.91 Å². The van der Waals surface area contributed by atoms with Gasteiger partial charge in [0.2, 0.25) is 5.95 Å². The van der Waals surface area contributed by atoms with E-state index in [1.807, 2.05) is 26.8 Å². The number of halogens is 1. The van der Waals surface area contributed by atoms with Crippen LogP contribution in [-0.2, 0) is 0 Å². The van der Waals surface area contributed by atoms with Gasteiger partial charge in [-0.25, -0.2) is 9.97 Å². The minimum Gasteiger partial charge on any atom is -0.493 e. The molecule has 0 aliphatic rings. The number of benzene rings is 1. The van der Waals surface area contributed by atoms with Crippen molar-refractivity contribution in [1.82, 2.24) is 15.4 Å². The van der Waals surface area contributed by atoms with Crippen LogP contribution in [0, 0.1) is 13.8 Å². The normalized spacial score (nSPS) is 10.3. The molecule has 7 nitrogen and oxygen atoms in total. The summed E-state index contributed by atoms with van der Waals surface area (Å²) in [6.07, 6.45) is 0.873. The molecule has 0 saturated heterocycles. The molecule has 0 aliphatic heterocycles. The lowest BCUT2D eigenvalue weighted by molar-refractivity contribution is 0.0961. The van der Waals surface area contributed by atoms with E-state index in [1.54, 1.807) is 12.1 Å². The van der Waals surface area contributed by atoms with Gasteiger partial charge in [-0.1, -0.05) is 6.92 Å². The van der Waals surface area contributed by atoms with Gasteiger partial charge in [0.15, 0.2) is 11.5 Å². The highest BCUT2D eigenvalue weighted by molar-refractivity contribution is 9.10. The highest BCUT2D eigenvalue weighted by atomic mass is 79.9. The smallest absolute Gasteiger partial charge is 0.269 e. The Morgan fingerprint density at radius 1 is 1.20 bits per heavy atom. The van der Waals surface area contributed by atoms with E-state index in [9.17, 15) is 4.79 Å². The summed E-state index contributed by atoms with van der Waals surface area (Å²) in [5.74, 6) is 1.05. The van der Waals surface area contributed by atoms with Crippen LogP contribution < -0.4 is 20.3 Å². The lowest BCUT2D eigenvalue weighted by Gasteiger charge is -2.14. The number of carbonyl (C=O) groups is 1. The molecule has 1 heterocycles. The molecule has 0 spiro atoms. The Labute approximate surface area is 155 Å². The Bertz CT molecular complexity index is 748. The van der Waals surface area contributed by atoms with E-state index in [2.05, 4.69) is 36.7 Å². The average molecular weight is 409 g/mol. The van der Waals surface area contributed by atoms with Crippen LogP contribution in [-0.4, -0.2) is 29.6 Å². The first kappa shape index (κ1) is 19.0. The maximum Gasteiger partial charge on any atom is 0.269 e. The van der Waals surface area contributed by atoms with Crippen LogP contribution in [0.4, 0.5) is 5.95 Å². The van der Waals surface area contributed by atoms with Crippen LogP contribution in [0.15, 0.2) is 22.7 Å². The minimum atomic E-state index is -0.344. The molecule has 0 atom stereocenters. The molecule has 0 aliphatic carbocycles. The Hall–Kier alpha value is -2.35. The van der Waals surface area contributed by atoms with Crippen molar-refractivity contribution < 1.29 is 14.3 Å². The lowest BCUT2D eigenvalue weighted by atomic mass is 10.2. The number of rotatable bonds is 7. The van der Waals surface area contributed by atoms with Gasteiger partial charge in [-0.15, -0.1) is 0 Å². The van der Waals surface area contributed by atoms with E-state index in [0.717, 1.165) is 17.8 Å². The van der Waals surface area contributed by atoms with E-state index in [0.29, 0.717) is 34.1 Å². The second-order valence-electron chi connectivity index (χ2n) is 5.39. The Morgan fingerprint density at radius 2 is 1.88 bits per heavy atom. The zero-order valence-corrected chi connectivity index (χ0v) is 16.2. The first-order valence-electron chi connectivity index (χ1n) is 7.83. The highest BCUT2D eigenvalue weighted by Crippen LogP contribution is 2.36. The molecule has 1 amide bonds. The number of hydrogen-bond donors (Lipinski definition) is 2. The van der Waals surface area contributed by atoms with Crippen molar-refractivity contribution >= 4 is 27.8 Å². The van der Waals surface area contributed by atoms with Crippen LogP contribution in [0.3, 0.4) is 0 Å². The molecule has 0 bridgehead atoms. The largest absolute Gasteiger partial charge is 0.493 e. The molecule has 1 aromatic heterocycles. The zero-order valence-electron chi connectivity index (χ0n) is 14.6. The Balaban J connectivity index is 2.14. The third-order valence-corrected chi connectivity index (χ3v) is 3.80. The van der Waals surface area contributed by atoms with Gasteiger partial charge in [0.1, 0.15) is 0 Å². The summed E-state index contributed by atoms with van der Waals surface area (Å²) in [5.41, 5.74) is 7.33. The number of amides is 1. The summed E-state index contributed by atoms with van der Waals surface area (Å²) < 4.78 is 11.6. The molecule has 2 rings (SSSR count). The number of nitrogens with zero attached hydrogens (tertiary/aromatic N) is 2. The van der Waals surface area contributed by atoms with Crippen LogP contribution in [0.25, 0.3) is 0 Å². The topological polar surface area (TPSA) is 85.4 Å². The van der Waals surface area contributed by atoms with Crippen molar-refractivity contribution in [1.29, 1.82) is 0 Å². The molecule has 0 radical (unpaired) electrons. The third kappa shape index (κ3) is 5.06. The maximum atomic E-state index is 12.4. The maximum absolute atomic E-state index is 12.4. The van der Waals surface area contributed by atoms with Gasteiger partial charge in [-0.05, 0) is 54.4 Å². The molecule has 134 valence electrons. The first-order valence-corrected chi connectivity index (χ1v) is 8.62. The molecule has 25 heavy (non-hydrogen) atoms. The number of hydrazine groups is 1. The van der Waals surface area contributed by atoms with Crippen molar-refractivity contribution in [3.63, 3.8) is 0 Å². The van der Waals surface area contributed by atoms with Crippen molar-refractivity contribution in [2.75, 3.05) is 19.1 Å². The number of hydrogen-bond acceptors (Lipinski definition) is 6. The summed E-state index contributed by atoms with van der Waals surface area (Å²) in [4.78, 5) is 20.8. The molecule has 1 aromatic carbocycles. The van der Waals surface area contributed by atoms with Crippen molar-refractivity contribution in [3.05, 3.63) is 39.6 Å². The summed E-state index contributed by atoms with van der Waals surface area (Å²) >= 11 is 3.42. The van der Waals surface area contributed by atoms with Crippen molar-refractivity contribution in [2.45, 2.75) is 27.2 Å². The summed E-state index contributed by atoms with van der Waals surface area (Å²) in [6, 6.07) is 5.14. The zero-order chi connectivity index (χ0) is 18.4. The second kappa shape index (κ2) is 8.66. The van der Waals surface area contributed by atoms with Crippen LogP contribution in [0.5, 0.6) is 11.5 Å². The van der Waals surface area contributed by atoms with Crippen LogP contribution >= 0.6 is 15.9 Å². The summed E-state index contributed by atoms with van der Waals surface area (Å²) in [5, 5.41) is 0. The molecular formula is C17H21BrN4O3. The van der Waals surface area contributed by atoms with Gasteiger partial charge in [0.25, 0.3) is 5.91 Å². The number of methoxy groups -OCH3 is 1. The quantitative estimate of drug-likeness (QED) is 0.682. The van der Waals surface area contributed by atoms with Crippen molar-refractivity contribution in [2.24, 2.45) is 0 Å². The van der Waals surface area contributed by atoms with Gasteiger partial charge >= 0.3 is 0 Å². The highest BCUT2D eigenvalue weighted by Gasteiger charge is 2.15. The number of nitrogens with one attached hydrogen (secondary N) is 2. The molecule has 0 fully saturated rings. The van der Waals surface area contributed by atoms with Gasteiger partial charge in [0.05, 0.1) is 18.2 Å². The van der Waals surface area contributed by atoms with Crippen molar-refractivity contribution in [3.8, 4) is 11.5 Å². The fraction of sp³-hybridized carbons (Fsp3) is 0.353. The molecular weight excluding hydrogens is 388 g/mol. The number of anilines is 1. The molecule has 2 N–H and O–H groups in total. The predicted molar refractivity (Wildman–Crippen MR) is 99.1 cm³/mol. The fourth-order valence-electron chi connectivity index (χ4n) is 2.16. The van der Waals surface area contributed by atoms with Crippen LogP contribution in [0.1, 0.15) is 35.1 Å². The van der Waals surface area contributed by atoms with E-state index in [4.69, 9.17) is 9.47 Å². The van der Waals surface area contributed by atoms with Gasteiger partial charge in [0, 0.05) is 17.0 Å². The molecule has 8 heteroatoms. The fourth-order valence-corrected chi connectivity index (χ4v) is 2.72. The number of aromatic nitrogens is 2. The third-order valence-electron chi connectivity index (χ3n) is 3.21. The monoisotopic (exact) mass is 408 g/mol. The second-order valence-corrected chi connectivity index (χ2v) is 6.25. The summed E-state index contributed by atoms with van der Waals surface area (Å²) in [7, 11) is 1.53. The van der Waals surface area contributed by atoms with E-state index >= 15 is 0 Å². The van der Waals surface area contributed by atoms with Crippen LogP contribution in [0.2, 0.25) is 0 Å². The number of ether oxygens (including phenoxy) is 2. The predicted octanol–water partition coefficient (Wildman–Crippen LogP) is 3.41. The average Bonchev–Trinajstić information content (AvgIpc) is 2.57. The van der Waals surface area contributed by atoms with E-state index < -0.39 is 0 Å². The Kier molecular flexibility index (Phi) is 6.58. The number of aryl methyl sites for hydroxylation is 2. The molecule has 0 unspecified atom stereocenters. The van der Waals surface area contributed by atoms with Gasteiger partial charge in [-0.3, -0.25) is 15.6 Å². The van der Waals surface area contributed by atoms with E-state index in [1.165, 1.54) is 7.11 Å². The molecule has 0 saturated carbocycles. The Morgan fingerprint density at radius 3 is 2.48 bits per heavy atom. The lowest BCUT2D eigenvalue weighted by Crippen LogP contribution is -2.30. The first-order chi connectivity index (χ1) is 11.9. The van der Waals surface area contributed by atoms with Gasteiger partial charge < -0.3 is 9.47 Å². The number of carbonyl (C=O) groups excluding carboxylic acids is 1. The van der Waals surface area contributed by atoms with Gasteiger partial charge in [-0.2, -0.15) is 0 Å².